The summed E-state index contributed by atoms with van der Waals surface area (Å²) in [5, 5.41) is 0. The summed E-state index contributed by atoms with van der Waals surface area (Å²) in [6.45, 7) is 0. The summed E-state index contributed by atoms with van der Waals surface area (Å²) >= 11 is 0. The summed E-state index contributed by atoms with van der Waals surface area (Å²) < 4.78 is 5.10. The predicted octanol–water partition coefficient (Wildman–Crippen LogP) is 2.57. The molecule has 0 amide bonds. The zero-order valence-corrected chi connectivity index (χ0v) is 8.30. The average Bonchev–Trinajstić information content (AvgIpc) is 2.28. The third-order valence-electron chi connectivity index (χ3n) is 2.19. The molecular formula is C13H12O2. The number of ether oxygens (including phenoxy) is 1. The van der Waals surface area contributed by atoms with E-state index < -0.39 is 0 Å². The van der Waals surface area contributed by atoms with Gasteiger partial charge in [-0.05, 0) is 11.6 Å². The van der Waals surface area contributed by atoms with E-state index in [1.165, 1.54) is 6.08 Å². The van der Waals surface area contributed by atoms with E-state index in [4.69, 9.17) is 4.74 Å². The molecule has 0 aromatic heterocycles. The van der Waals surface area contributed by atoms with Crippen LogP contribution in [0.4, 0.5) is 0 Å². The Morgan fingerprint density at radius 2 is 2.07 bits per heavy atom. The Kier molecular flexibility index (Phi) is 2.98. The number of rotatable bonds is 2. The number of benzene rings is 1. The van der Waals surface area contributed by atoms with E-state index in [9.17, 15) is 4.79 Å². The SMILES string of the molecule is O=C1C=CC[C@@H](C=Cc2ccccc2)O1. The number of carbonyl (C=O) groups is 1. The van der Waals surface area contributed by atoms with Crippen molar-refractivity contribution in [2.45, 2.75) is 12.5 Å². The van der Waals surface area contributed by atoms with Crippen molar-refractivity contribution in [2.75, 3.05) is 0 Å². The summed E-state index contributed by atoms with van der Waals surface area (Å²) in [4.78, 5) is 10.9. The molecule has 1 aliphatic rings. The maximum absolute atomic E-state index is 10.9. The van der Waals surface area contributed by atoms with Crippen LogP contribution in [-0.2, 0) is 9.53 Å². The lowest BCUT2D eigenvalue weighted by Gasteiger charge is -2.14. The fraction of sp³-hybridized carbons (Fsp3) is 0.154. The first kappa shape index (κ1) is 9.71. The minimum Gasteiger partial charge on any atom is -0.455 e. The predicted molar refractivity (Wildman–Crippen MR) is 59.1 cm³/mol. The molecule has 0 unspecified atom stereocenters. The second-order valence-electron chi connectivity index (χ2n) is 3.38. The lowest BCUT2D eigenvalue weighted by Crippen LogP contribution is -2.17. The van der Waals surface area contributed by atoms with E-state index in [2.05, 4.69) is 0 Å². The van der Waals surface area contributed by atoms with E-state index in [1.54, 1.807) is 0 Å². The Labute approximate surface area is 88.9 Å². The summed E-state index contributed by atoms with van der Waals surface area (Å²) in [5.41, 5.74) is 1.11. The molecule has 0 aliphatic carbocycles. The third-order valence-corrected chi connectivity index (χ3v) is 2.19. The average molecular weight is 200 g/mol. The monoisotopic (exact) mass is 200 g/mol. The van der Waals surface area contributed by atoms with Crippen LogP contribution in [0.5, 0.6) is 0 Å². The minimum atomic E-state index is -0.260. The van der Waals surface area contributed by atoms with Gasteiger partial charge in [0.1, 0.15) is 6.10 Å². The standard InChI is InChI=1S/C13H12O2/c14-13-8-4-7-12(15-13)10-9-11-5-2-1-3-6-11/h1-6,8-10,12H,7H2/t12-/m0/s1. The number of esters is 1. The highest BCUT2D eigenvalue weighted by Gasteiger charge is 2.11. The molecule has 1 aromatic carbocycles. The number of carbonyl (C=O) groups excluding carboxylic acids is 1. The van der Waals surface area contributed by atoms with Gasteiger partial charge in [-0.2, -0.15) is 0 Å². The zero-order valence-electron chi connectivity index (χ0n) is 8.30. The fourth-order valence-corrected chi connectivity index (χ4v) is 1.44. The van der Waals surface area contributed by atoms with Crippen LogP contribution in [0.2, 0.25) is 0 Å². The van der Waals surface area contributed by atoms with Crippen molar-refractivity contribution in [3.05, 3.63) is 54.1 Å². The van der Waals surface area contributed by atoms with Crippen molar-refractivity contribution >= 4 is 12.0 Å². The quantitative estimate of drug-likeness (QED) is 0.686. The van der Waals surface area contributed by atoms with Gasteiger partial charge in [0.05, 0.1) is 0 Å². The van der Waals surface area contributed by atoms with Gasteiger partial charge in [-0.15, -0.1) is 0 Å². The van der Waals surface area contributed by atoms with Gasteiger partial charge in [0.25, 0.3) is 0 Å². The van der Waals surface area contributed by atoms with Gasteiger partial charge in [0.2, 0.25) is 0 Å². The van der Waals surface area contributed by atoms with Crippen molar-refractivity contribution in [1.82, 2.24) is 0 Å². The Hall–Kier alpha value is -1.83. The molecular weight excluding hydrogens is 188 g/mol. The highest BCUT2D eigenvalue weighted by Crippen LogP contribution is 2.11. The molecule has 2 heteroatoms. The molecule has 2 nitrogen and oxygen atoms in total. The van der Waals surface area contributed by atoms with Crippen LogP contribution in [0.25, 0.3) is 6.08 Å². The second kappa shape index (κ2) is 4.60. The van der Waals surface area contributed by atoms with Crippen molar-refractivity contribution in [1.29, 1.82) is 0 Å². The molecule has 0 fully saturated rings. The van der Waals surface area contributed by atoms with Crippen LogP contribution in [-0.4, -0.2) is 12.1 Å². The molecule has 1 aliphatic heterocycles. The molecule has 0 radical (unpaired) electrons. The molecule has 0 bridgehead atoms. The summed E-state index contributed by atoms with van der Waals surface area (Å²) in [7, 11) is 0. The normalized spacial score (nSPS) is 20.5. The van der Waals surface area contributed by atoms with E-state index in [1.807, 2.05) is 48.6 Å². The molecule has 1 aromatic rings. The van der Waals surface area contributed by atoms with Crippen LogP contribution >= 0.6 is 0 Å². The van der Waals surface area contributed by atoms with Crippen LogP contribution in [0.3, 0.4) is 0 Å². The van der Waals surface area contributed by atoms with Crippen LogP contribution in [0, 0.1) is 0 Å². The summed E-state index contributed by atoms with van der Waals surface area (Å²) in [5.74, 6) is -0.260. The number of hydrogen-bond acceptors (Lipinski definition) is 2. The van der Waals surface area contributed by atoms with Crippen LogP contribution in [0.15, 0.2) is 48.6 Å². The van der Waals surface area contributed by atoms with Crippen molar-refractivity contribution < 1.29 is 9.53 Å². The van der Waals surface area contributed by atoms with Crippen molar-refractivity contribution in [2.24, 2.45) is 0 Å². The first-order valence-electron chi connectivity index (χ1n) is 4.95. The fourth-order valence-electron chi connectivity index (χ4n) is 1.44. The first-order chi connectivity index (χ1) is 7.34. The molecule has 0 N–H and O–H groups in total. The van der Waals surface area contributed by atoms with Crippen molar-refractivity contribution in [3.8, 4) is 0 Å². The topological polar surface area (TPSA) is 26.3 Å². The van der Waals surface area contributed by atoms with Gasteiger partial charge < -0.3 is 4.74 Å². The lowest BCUT2D eigenvalue weighted by atomic mass is 10.1. The molecule has 76 valence electrons. The minimum absolute atomic E-state index is 0.122. The van der Waals surface area contributed by atoms with E-state index in [-0.39, 0.29) is 12.1 Å². The summed E-state index contributed by atoms with van der Waals surface area (Å²) in [6, 6.07) is 9.95. The first-order valence-corrected chi connectivity index (χ1v) is 4.95. The smallest absolute Gasteiger partial charge is 0.331 e. The lowest BCUT2D eigenvalue weighted by molar-refractivity contribution is -0.141. The Balaban J connectivity index is 2.00. The van der Waals surface area contributed by atoms with E-state index in [0.29, 0.717) is 0 Å². The number of hydrogen-bond donors (Lipinski definition) is 0. The molecule has 15 heavy (non-hydrogen) atoms. The molecule has 1 heterocycles. The summed E-state index contributed by atoms with van der Waals surface area (Å²) in [6.07, 6.45) is 7.82. The zero-order chi connectivity index (χ0) is 10.5. The van der Waals surface area contributed by atoms with Gasteiger partial charge in [-0.3, -0.25) is 0 Å². The molecule has 0 saturated carbocycles. The van der Waals surface area contributed by atoms with Crippen LogP contribution in [0.1, 0.15) is 12.0 Å². The highest BCUT2D eigenvalue weighted by molar-refractivity contribution is 5.83. The molecule has 2 rings (SSSR count). The van der Waals surface area contributed by atoms with Crippen molar-refractivity contribution in [3.63, 3.8) is 0 Å². The Morgan fingerprint density at radius 1 is 1.27 bits per heavy atom. The maximum atomic E-state index is 10.9. The van der Waals surface area contributed by atoms with Gasteiger partial charge >= 0.3 is 5.97 Å². The Morgan fingerprint density at radius 3 is 2.80 bits per heavy atom. The van der Waals surface area contributed by atoms with Gasteiger partial charge in [0, 0.05) is 12.5 Å². The van der Waals surface area contributed by atoms with E-state index >= 15 is 0 Å². The van der Waals surface area contributed by atoms with E-state index in [0.717, 1.165) is 12.0 Å². The highest BCUT2D eigenvalue weighted by atomic mass is 16.5. The number of cyclic esters (lactones) is 1. The Bertz CT molecular complexity index is 390. The third kappa shape index (κ3) is 2.81. The molecule has 0 saturated heterocycles. The van der Waals surface area contributed by atoms with Gasteiger partial charge in [0.15, 0.2) is 0 Å². The molecule has 1 atom stereocenters. The maximum Gasteiger partial charge on any atom is 0.331 e. The van der Waals surface area contributed by atoms with Crippen LogP contribution < -0.4 is 0 Å². The molecule has 0 spiro atoms. The second-order valence-corrected chi connectivity index (χ2v) is 3.38. The largest absolute Gasteiger partial charge is 0.455 e. The van der Waals surface area contributed by atoms with Gasteiger partial charge in [-0.25, -0.2) is 4.79 Å². The van der Waals surface area contributed by atoms with Gasteiger partial charge in [-0.1, -0.05) is 42.5 Å².